The van der Waals surface area contributed by atoms with Gasteiger partial charge in [-0.3, -0.25) is 9.59 Å². The smallest absolute Gasteiger partial charge is 0.252 e. The normalized spacial score (nSPS) is 14.2. The molecule has 1 aliphatic rings. The molecule has 2 N–H and O–H groups in total. The van der Waals surface area contributed by atoms with Crippen molar-refractivity contribution in [2.75, 3.05) is 19.4 Å². The first-order valence-corrected chi connectivity index (χ1v) is 10.7. The highest BCUT2D eigenvalue weighted by Gasteiger charge is 2.29. The summed E-state index contributed by atoms with van der Waals surface area (Å²) < 4.78 is 25.6. The molecule has 3 rings (SSSR count). The van der Waals surface area contributed by atoms with Gasteiger partial charge in [0.1, 0.15) is 4.21 Å². The second-order valence-corrected chi connectivity index (χ2v) is 10.1. The highest BCUT2D eigenvalue weighted by molar-refractivity contribution is 7.91. The van der Waals surface area contributed by atoms with E-state index in [1.807, 2.05) is 0 Å². The lowest BCUT2D eigenvalue weighted by Gasteiger charge is -2.09. The molecule has 0 saturated heterocycles. The molecule has 1 heterocycles. The van der Waals surface area contributed by atoms with Crippen LogP contribution in [0.15, 0.2) is 40.6 Å². The first-order chi connectivity index (χ1) is 12.8. The summed E-state index contributed by atoms with van der Waals surface area (Å²) >= 11 is 1.13. The molecule has 9 heteroatoms. The third kappa shape index (κ3) is 4.74. The zero-order valence-electron chi connectivity index (χ0n) is 15.1. The van der Waals surface area contributed by atoms with E-state index in [9.17, 15) is 18.0 Å². The molecule has 1 saturated carbocycles. The van der Waals surface area contributed by atoms with Gasteiger partial charge in [-0.05, 0) is 43.2 Å². The number of carbonyl (C=O) groups excluding carboxylic acids is 2. The van der Waals surface area contributed by atoms with Gasteiger partial charge < -0.3 is 10.6 Å². The zero-order chi connectivity index (χ0) is 19.6. The first kappa shape index (κ1) is 19.5. The fraction of sp³-hybridized carbons (Fsp3) is 0.333. The Bertz CT molecular complexity index is 962. The monoisotopic (exact) mass is 407 g/mol. The van der Waals surface area contributed by atoms with Crippen molar-refractivity contribution in [3.8, 4) is 0 Å². The van der Waals surface area contributed by atoms with Gasteiger partial charge in [-0.1, -0.05) is 6.07 Å². The number of rotatable bonds is 7. The van der Waals surface area contributed by atoms with E-state index in [1.54, 1.807) is 30.3 Å². The summed E-state index contributed by atoms with van der Waals surface area (Å²) in [6.45, 7) is 0.227. The fourth-order valence-electron chi connectivity index (χ4n) is 2.37. The first-order valence-electron chi connectivity index (χ1n) is 8.48. The minimum atomic E-state index is -3.47. The number of hydrogen-bond donors (Lipinski definition) is 2. The summed E-state index contributed by atoms with van der Waals surface area (Å²) in [6.07, 6.45) is 1.83. The van der Waals surface area contributed by atoms with E-state index in [4.69, 9.17) is 0 Å². The van der Waals surface area contributed by atoms with Crippen LogP contribution in [0, 0.1) is 5.92 Å². The van der Waals surface area contributed by atoms with Gasteiger partial charge in [0.05, 0.1) is 6.54 Å². The molecule has 2 amide bonds. The highest BCUT2D eigenvalue weighted by atomic mass is 32.2. The van der Waals surface area contributed by atoms with Crippen LogP contribution in [-0.2, 0) is 21.4 Å². The number of nitrogens with zero attached hydrogens (tertiary/aromatic N) is 1. The van der Waals surface area contributed by atoms with Crippen LogP contribution in [0.4, 0.5) is 5.69 Å². The second-order valence-electron chi connectivity index (χ2n) is 6.54. The van der Waals surface area contributed by atoms with Crippen molar-refractivity contribution in [1.29, 1.82) is 0 Å². The largest absolute Gasteiger partial charge is 0.347 e. The predicted molar refractivity (Wildman–Crippen MR) is 104 cm³/mol. The third-order valence-electron chi connectivity index (χ3n) is 4.14. The molecule has 0 spiro atoms. The summed E-state index contributed by atoms with van der Waals surface area (Å²) in [7, 11) is -0.512. The minimum Gasteiger partial charge on any atom is -0.347 e. The molecular formula is C18H21N3O4S2. The molecule has 1 aliphatic carbocycles. The molecule has 2 aromatic rings. The molecule has 7 nitrogen and oxygen atoms in total. The third-order valence-corrected chi connectivity index (χ3v) is 7.50. The molecule has 0 aliphatic heterocycles. The lowest BCUT2D eigenvalue weighted by molar-refractivity contribution is -0.117. The summed E-state index contributed by atoms with van der Waals surface area (Å²) in [4.78, 5) is 24.9. The van der Waals surface area contributed by atoms with Gasteiger partial charge in [-0.2, -0.15) is 0 Å². The van der Waals surface area contributed by atoms with Crippen molar-refractivity contribution in [1.82, 2.24) is 9.62 Å². The average Bonchev–Trinajstić information content (AvgIpc) is 3.37. The zero-order valence-corrected chi connectivity index (χ0v) is 16.7. The Morgan fingerprint density at radius 1 is 1.19 bits per heavy atom. The van der Waals surface area contributed by atoms with Crippen LogP contribution < -0.4 is 10.6 Å². The van der Waals surface area contributed by atoms with Crippen LogP contribution in [0.5, 0.6) is 0 Å². The van der Waals surface area contributed by atoms with Crippen LogP contribution in [0.25, 0.3) is 0 Å². The van der Waals surface area contributed by atoms with Crippen LogP contribution in [0.2, 0.25) is 0 Å². The van der Waals surface area contributed by atoms with E-state index in [2.05, 4.69) is 10.6 Å². The van der Waals surface area contributed by atoms with Crippen LogP contribution in [0.3, 0.4) is 0 Å². The SMILES string of the molecule is CN(C)S(=O)(=O)c1ccc(CNC(=O)c2cccc(NC(=O)C3CC3)c2)s1. The Labute approximate surface area is 162 Å². The van der Waals surface area contributed by atoms with E-state index in [0.29, 0.717) is 11.3 Å². The van der Waals surface area contributed by atoms with Gasteiger partial charge in [0, 0.05) is 36.1 Å². The number of amides is 2. The maximum absolute atomic E-state index is 12.4. The molecule has 1 aromatic heterocycles. The van der Waals surface area contributed by atoms with Crippen molar-refractivity contribution in [3.05, 3.63) is 46.8 Å². The van der Waals surface area contributed by atoms with Crippen LogP contribution in [-0.4, -0.2) is 38.6 Å². The van der Waals surface area contributed by atoms with Crippen molar-refractivity contribution >= 4 is 38.9 Å². The maximum Gasteiger partial charge on any atom is 0.252 e. The minimum absolute atomic E-state index is 0.0132. The molecule has 144 valence electrons. The quantitative estimate of drug-likeness (QED) is 0.736. The van der Waals surface area contributed by atoms with E-state index in [1.165, 1.54) is 20.2 Å². The van der Waals surface area contributed by atoms with E-state index >= 15 is 0 Å². The molecular weight excluding hydrogens is 386 g/mol. The van der Waals surface area contributed by atoms with Crippen LogP contribution >= 0.6 is 11.3 Å². The molecule has 0 unspecified atom stereocenters. The molecule has 1 fully saturated rings. The topological polar surface area (TPSA) is 95.6 Å². The van der Waals surface area contributed by atoms with Gasteiger partial charge in [0.2, 0.25) is 5.91 Å². The van der Waals surface area contributed by atoms with Crippen molar-refractivity contribution in [2.24, 2.45) is 5.92 Å². The average molecular weight is 408 g/mol. The Morgan fingerprint density at radius 2 is 1.93 bits per heavy atom. The number of anilines is 1. The van der Waals surface area contributed by atoms with Crippen molar-refractivity contribution in [3.63, 3.8) is 0 Å². The highest BCUT2D eigenvalue weighted by Crippen LogP contribution is 2.30. The number of hydrogen-bond acceptors (Lipinski definition) is 5. The van der Waals surface area contributed by atoms with Gasteiger partial charge in [0.25, 0.3) is 15.9 Å². The Morgan fingerprint density at radius 3 is 2.59 bits per heavy atom. The molecule has 0 bridgehead atoms. The van der Waals surface area contributed by atoms with Gasteiger partial charge in [-0.15, -0.1) is 11.3 Å². The molecule has 0 atom stereocenters. The second kappa shape index (κ2) is 7.79. The van der Waals surface area contributed by atoms with E-state index < -0.39 is 10.0 Å². The number of nitrogens with one attached hydrogen (secondary N) is 2. The number of benzene rings is 1. The van der Waals surface area contributed by atoms with E-state index in [0.717, 1.165) is 33.4 Å². The number of sulfonamides is 1. The van der Waals surface area contributed by atoms with Gasteiger partial charge >= 0.3 is 0 Å². The van der Waals surface area contributed by atoms with Gasteiger partial charge in [0.15, 0.2) is 0 Å². The van der Waals surface area contributed by atoms with Gasteiger partial charge in [-0.25, -0.2) is 12.7 Å². The summed E-state index contributed by atoms with van der Waals surface area (Å²) in [5, 5.41) is 5.59. The summed E-state index contributed by atoms with van der Waals surface area (Å²) in [5.74, 6) is -0.210. The molecule has 1 aromatic carbocycles. The fourth-order valence-corrected chi connectivity index (χ4v) is 4.83. The molecule has 0 radical (unpaired) electrons. The Hall–Kier alpha value is -2.23. The van der Waals surface area contributed by atoms with Crippen molar-refractivity contribution in [2.45, 2.75) is 23.6 Å². The summed E-state index contributed by atoms with van der Waals surface area (Å²) in [5.41, 5.74) is 1.02. The standard InChI is InChI=1S/C18H21N3O4S2/c1-21(2)27(24,25)16-9-8-15(26-16)11-19-17(22)13-4-3-5-14(10-13)20-18(23)12-6-7-12/h3-5,8-10,12H,6-7,11H2,1-2H3,(H,19,22)(H,20,23). The van der Waals surface area contributed by atoms with Crippen LogP contribution in [0.1, 0.15) is 28.1 Å². The number of thiophene rings is 1. The lowest BCUT2D eigenvalue weighted by atomic mass is 10.2. The number of carbonyl (C=O) groups is 2. The maximum atomic E-state index is 12.4. The summed E-state index contributed by atoms with van der Waals surface area (Å²) in [6, 6.07) is 9.98. The predicted octanol–water partition coefficient (Wildman–Crippen LogP) is 2.28. The van der Waals surface area contributed by atoms with Crippen molar-refractivity contribution < 1.29 is 18.0 Å². The molecule has 27 heavy (non-hydrogen) atoms. The Balaban J connectivity index is 1.61. The van der Waals surface area contributed by atoms with E-state index in [-0.39, 0.29) is 28.5 Å². The lowest BCUT2D eigenvalue weighted by Crippen LogP contribution is -2.23. The Kier molecular flexibility index (Phi) is 5.64.